The van der Waals surface area contributed by atoms with Crippen molar-refractivity contribution >= 4 is 40.3 Å². The van der Waals surface area contributed by atoms with Gasteiger partial charge in [0.05, 0.1) is 21.3 Å². The van der Waals surface area contributed by atoms with Crippen LogP contribution in [0.15, 0.2) is 47.9 Å². The SMILES string of the molecule is OCCc1ccc(C2=NOC(c3cn4cc(C(F)(F)F)cc(Cl)c4n3)=CCCC2)c(Cl)c1. The number of rotatable bonds is 4. The van der Waals surface area contributed by atoms with Crippen LogP contribution in [0.2, 0.25) is 10.0 Å². The van der Waals surface area contributed by atoms with Gasteiger partial charge in [-0.15, -0.1) is 0 Å². The van der Waals surface area contributed by atoms with Crippen LogP contribution in [0.25, 0.3) is 11.4 Å². The molecule has 4 rings (SSSR count). The first kappa shape index (κ1) is 22.6. The molecule has 5 nitrogen and oxygen atoms in total. The Morgan fingerprint density at radius 1 is 1.12 bits per heavy atom. The summed E-state index contributed by atoms with van der Waals surface area (Å²) in [7, 11) is 0. The van der Waals surface area contributed by atoms with E-state index in [1.54, 1.807) is 12.1 Å². The van der Waals surface area contributed by atoms with E-state index in [-0.39, 0.29) is 17.3 Å². The molecule has 10 heteroatoms. The number of imidazole rings is 1. The maximum absolute atomic E-state index is 13.1. The van der Waals surface area contributed by atoms with Crippen LogP contribution in [0.4, 0.5) is 13.2 Å². The van der Waals surface area contributed by atoms with Crippen molar-refractivity contribution in [3.63, 3.8) is 0 Å². The third kappa shape index (κ3) is 4.77. The minimum Gasteiger partial charge on any atom is -0.396 e. The highest BCUT2D eigenvalue weighted by Gasteiger charge is 2.32. The molecule has 0 saturated carbocycles. The van der Waals surface area contributed by atoms with Crippen LogP contribution in [0, 0.1) is 0 Å². The molecule has 1 aliphatic heterocycles. The fourth-order valence-corrected chi connectivity index (χ4v) is 4.00. The summed E-state index contributed by atoms with van der Waals surface area (Å²) in [6.07, 6.45) is 2.20. The first-order chi connectivity index (χ1) is 15.3. The molecule has 3 aromatic rings. The number of oxime groups is 1. The molecule has 1 N–H and O–H groups in total. The number of benzene rings is 1. The molecule has 0 bridgehead atoms. The molecule has 0 amide bonds. The van der Waals surface area contributed by atoms with Crippen LogP contribution in [-0.4, -0.2) is 26.8 Å². The second-order valence-corrected chi connectivity index (χ2v) is 8.12. The number of allylic oxidation sites excluding steroid dienone is 1. The average molecular weight is 484 g/mol. The number of aromatic nitrogens is 2. The molecular weight excluding hydrogens is 466 g/mol. The van der Waals surface area contributed by atoms with E-state index in [2.05, 4.69) is 10.1 Å². The monoisotopic (exact) mass is 483 g/mol. The van der Waals surface area contributed by atoms with Gasteiger partial charge < -0.3 is 14.3 Å². The molecule has 0 saturated heterocycles. The highest BCUT2D eigenvalue weighted by Crippen LogP contribution is 2.33. The van der Waals surface area contributed by atoms with Crippen LogP contribution in [-0.2, 0) is 17.4 Å². The van der Waals surface area contributed by atoms with Gasteiger partial charge >= 0.3 is 6.18 Å². The molecular formula is C22H18Cl2F3N3O2. The second-order valence-electron chi connectivity index (χ2n) is 7.31. The van der Waals surface area contributed by atoms with E-state index in [9.17, 15) is 13.2 Å². The number of hydrogen-bond donors (Lipinski definition) is 1. The van der Waals surface area contributed by atoms with Gasteiger partial charge in [0.1, 0.15) is 5.69 Å². The molecule has 0 atom stereocenters. The molecule has 32 heavy (non-hydrogen) atoms. The normalized spacial score (nSPS) is 15.1. The Labute approximate surface area is 191 Å². The number of pyridine rings is 1. The molecule has 168 valence electrons. The number of hydrogen-bond acceptors (Lipinski definition) is 4. The molecule has 0 aliphatic carbocycles. The third-order valence-corrected chi connectivity index (χ3v) is 5.62. The summed E-state index contributed by atoms with van der Waals surface area (Å²) in [5, 5.41) is 13.7. The van der Waals surface area contributed by atoms with Crippen molar-refractivity contribution in [2.24, 2.45) is 5.16 Å². The Hall–Kier alpha value is -2.55. The van der Waals surface area contributed by atoms with Crippen LogP contribution in [0.5, 0.6) is 0 Å². The topological polar surface area (TPSA) is 59.1 Å². The van der Waals surface area contributed by atoms with Crippen molar-refractivity contribution in [2.45, 2.75) is 31.9 Å². The van der Waals surface area contributed by atoms with Crippen molar-refractivity contribution in [3.05, 3.63) is 75.2 Å². The van der Waals surface area contributed by atoms with Gasteiger partial charge in [0.2, 0.25) is 0 Å². The quantitative estimate of drug-likeness (QED) is 0.484. The maximum Gasteiger partial charge on any atom is 0.417 e. The lowest BCUT2D eigenvalue weighted by molar-refractivity contribution is -0.137. The molecule has 2 aromatic heterocycles. The third-order valence-electron chi connectivity index (χ3n) is 5.03. The largest absolute Gasteiger partial charge is 0.417 e. The van der Waals surface area contributed by atoms with E-state index in [1.165, 1.54) is 10.6 Å². The lowest BCUT2D eigenvalue weighted by Gasteiger charge is -2.13. The van der Waals surface area contributed by atoms with E-state index in [1.807, 2.05) is 12.1 Å². The van der Waals surface area contributed by atoms with Crippen LogP contribution in [0.1, 0.15) is 41.6 Å². The van der Waals surface area contributed by atoms with E-state index in [0.717, 1.165) is 29.8 Å². The highest BCUT2D eigenvalue weighted by molar-refractivity contribution is 6.34. The van der Waals surface area contributed by atoms with Crippen molar-refractivity contribution < 1.29 is 23.1 Å². The highest BCUT2D eigenvalue weighted by atomic mass is 35.5. The lowest BCUT2D eigenvalue weighted by Crippen LogP contribution is -2.06. The zero-order valence-corrected chi connectivity index (χ0v) is 18.2. The number of aliphatic hydroxyl groups is 1. The fourth-order valence-electron chi connectivity index (χ4n) is 3.43. The number of fused-ring (bicyclic) bond motifs is 1. The number of aliphatic hydroxyl groups excluding tert-OH is 1. The Bertz CT molecular complexity index is 1220. The summed E-state index contributed by atoms with van der Waals surface area (Å²) in [6, 6.07) is 6.34. The van der Waals surface area contributed by atoms with Crippen molar-refractivity contribution in [2.75, 3.05) is 6.61 Å². The van der Waals surface area contributed by atoms with Gasteiger partial charge in [0, 0.05) is 24.6 Å². The molecule has 0 radical (unpaired) electrons. The van der Waals surface area contributed by atoms with Crippen molar-refractivity contribution in [1.29, 1.82) is 0 Å². The van der Waals surface area contributed by atoms with Crippen LogP contribution in [0.3, 0.4) is 0 Å². The van der Waals surface area contributed by atoms with Gasteiger partial charge in [-0.25, -0.2) is 4.98 Å². The summed E-state index contributed by atoms with van der Waals surface area (Å²) in [5.74, 6) is 0.323. The second kappa shape index (κ2) is 9.13. The van der Waals surface area contributed by atoms with Crippen molar-refractivity contribution in [1.82, 2.24) is 9.38 Å². The minimum absolute atomic E-state index is 0.0291. The summed E-state index contributed by atoms with van der Waals surface area (Å²) in [5.41, 5.74) is 1.92. The van der Waals surface area contributed by atoms with Gasteiger partial charge in [-0.1, -0.05) is 40.5 Å². The van der Waals surface area contributed by atoms with E-state index < -0.39 is 11.7 Å². The van der Waals surface area contributed by atoms with Gasteiger partial charge in [0.25, 0.3) is 0 Å². The first-order valence-electron chi connectivity index (χ1n) is 9.86. The molecule has 0 fully saturated rings. The Morgan fingerprint density at radius 2 is 1.94 bits per heavy atom. The first-order valence-corrected chi connectivity index (χ1v) is 10.6. The minimum atomic E-state index is -4.52. The number of halogens is 5. The molecule has 0 spiro atoms. The zero-order valence-electron chi connectivity index (χ0n) is 16.7. The molecule has 1 aromatic carbocycles. The predicted molar refractivity (Wildman–Crippen MR) is 117 cm³/mol. The standard InChI is InChI=1S/C22H18Cl2F3N3O2/c23-16-9-13(7-8-31)5-6-15(16)18-3-1-2-4-20(32-29-18)19-12-30-11-14(22(25,26)27)10-17(24)21(30)28-19/h4-6,9-12,31H,1-3,7-8H2. The van der Waals surface area contributed by atoms with Crippen LogP contribution < -0.4 is 0 Å². The lowest BCUT2D eigenvalue weighted by atomic mass is 10.0. The molecule has 3 heterocycles. The summed E-state index contributed by atoms with van der Waals surface area (Å²) in [6.45, 7) is 0.0291. The molecule has 0 unspecified atom stereocenters. The van der Waals surface area contributed by atoms with Gasteiger partial charge in [0.15, 0.2) is 11.4 Å². The summed E-state index contributed by atoms with van der Waals surface area (Å²) < 4.78 is 40.5. The van der Waals surface area contributed by atoms with E-state index >= 15 is 0 Å². The van der Waals surface area contributed by atoms with Crippen molar-refractivity contribution in [3.8, 4) is 0 Å². The van der Waals surface area contributed by atoms with E-state index in [4.69, 9.17) is 33.1 Å². The van der Waals surface area contributed by atoms with Gasteiger partial charge in [-0.05, 0) is 49.5 Å². The Kier molecular flexibility index (Phi) is 6.46. The van der Waals surface area contributed by atoms with Gasteiger partial charge in [-0.2, -0.15) is 13.2 Å². The van der Waals surface area contributed by atoms with Crippen LogP contribution >= 0.6 is 23.2 Å². The molecule has 1 aliphatic rings. The predicted octanol–water partition coefficient (Wildman–Crippen LogP) is 6.14. The zero-order chi connectivity index (χ0) is 22.9. The number of alkyl halides is 3. The summed E-state index contributed by atoms with van der Waals surface area (Å²) >= 11 is 12.4. The Morgan fingerprint density at radius 3 is 2.66 bits per heavy atom. The fraction of sp³-hybridized carbons (Fsp3) is 0.273. The summed E-state index contributed by atoms with van der Waals surface area (Å²) in [4.78, 5) is 9.98. The maximum atomic E-state index is 13.1. The average Bonchev–Trinajstić information content (AvgIpc) is 3.13. The number of nitrogens with zero attached hydrogens (tertiary/aromatic N) is 3. The van der Waals surface area contributed by atoms with Gasteiger partial charge in [-0.3, -0.25) is 0 Å². The Balaban J connectivity index is 1.65. The van der Waals surface area contributed by atoms with E-state index in [0.29, 0.717) is 41.4 Å². The smallest absolute Gasteiger partial charge is 0.396 e.